The smallest absolute Gasteiger partial charge is 0.227 e. The average Bonchev–Trinajstić information content (AvgIpc) is 2.27. The van der Waals surface area contributed by atoms with Gasteiger partial charge in [0.25, 0.3) is 0 Å². The first-order chi connectivity index (χ1) is 8.01. The standard InChI is InChI=1S/C15H25NO/c1-6-8-9-14(7-2)15(17)16-13(5)11-10-12(3)4/h10-11,14H,3,5-9H2,1-2,4H3,(H,16,17)/b11-10-. The lowest BCUT2D eigenvalue weighted by Gasteiger charge is -2.14. The summed E-state index contributed by atoms with van der Waals surface area (Å²) in [6.45, 7) is 13.7. The zero-order valence-electron chi connectivity index (χ0n) is 11.4. The van der Waals surface area contributed by atoms with Crippen molar-refractivity contribution >= 4 is 5.91 Å². The first-order valence-corrected chi connectivity index (χ1v) is 6.34. The fraction of sp³-hybridized carbons (Fsp3) is 0.533. The average molecular weight is 235 g/mol. The second-order valence-corrected chi connectivity index (χ2v) is 4.44. The summed E-state index contributed by atoms with van der Waals surface area (Å²) in [5.41, 5.74) is 1.58. The molecule has 0 aliphatic rings. The third-order valence-electron chi connectivity index (χ3n) is 2.62. The molecule has 0 radical (unpaired) electrons. The Hall–Kier alpha value is -1.31. The van der Waals surface area contributed by atoms with Crippen molar-refractivity contribution in [3.05, 3.63) is 36.6 Å². The Balaban J connectivity index is 4.21. The van der Waals surface area contributed by atoms with Gasteiger partial charge in [-0.15, -0.1) is 0 Å². The topological polar surface area (TPSA) is 29.1 Å². The van der Waals surface area contributed by atoms with Crippen molar-refractivity contribution in [2.75, 3.05) is 0 Å². The lowest BCUT2D eigenvalue weighted by molar-refractivity contribution is -0.124. The number of hydrogen-bond donors (Lipinski definition) is 1. The monoisotopic (exact) mass is 235 g/mol. The van der Waals surface area contributed by atoms with Gasteiger partial charge in [-0.25, -0.2) is 0 Å². The van der Waals surface area contributed by atoms with Crippen molar-refractivity contribution in [3.63, 3.8) is 0 Å². The molecule has 0 saturated heterocycles. The van der Waals surface area contributed by atoms with Crippen LogP contribution in [0, 0.1) is 5.92 Å². The molecule has 0 rings (SSSR count). The number of hydrogen-bond acceptors (Lipinski definition) is 1. The van der Waals surface area contributed by atoms with Crippen LogP contribution in [0.2, 0.25) is 0 Å². The number of carbonyl (C=O) groups excluding carboxylic acids is 1. The van der Waals surface area contributed by atoms with Crippen LogP contribution in [0.15, 0.2) is 36.6 Å². The number of amides is 1. The molecule has 0 bridgehead atoms. The molecule has 96 valence electrons. The van der Waals surface area contributed by atoms with Crippen LogP contribution in [-0.4, -0.2) is 5.91 Å². The first-order valence-electron chi connectivity index (χ1n) is 6.34. The summed E-state index contributed by atoms with van der Waals surface area (Å²) >= 11 is 0. The quantitative estimate of drug-likeness (QED) is 0.634. The van der Waals surface area contributed by atoms with Gasteiger partial charge in [-0.05, 0) is 25.8 Å². The first kappa shape index (κ1) is 15.7. The molecule has 0 saturated carbocycles. The summed E-state index contributed by atoms with van der Waals surface area (Å²) in [5, 5.41) is 2.83. The molecule has 1 N–H and O–H groups in total. The minimum Gasteiger partial charge on any atom is -0.326 e. The van der Waals surface area contributed by atoms with Gasteiger partial charge < -0.3 is 5.32 Å². The zero-order chi connectivity index (χ0) is 13.3. The molecule has 0 aliphatic heterocycles. The minimum atomic E-state index is 0.0808. The predicted octanol–water partition coefficient (Wildman–Crippen LogP) is 3.97. The highest BCUT2D eigenvalue weighted by molar-refractivity contribution is 5.80. The Labute approximate surface area is 105 Å². The molecule has 1 amide bonds. The van der Waals surface area contributed by atoms with Gasteiger partial charge in [-0.3, -0.25) is 4.79 Å². The number of nitrogens with one attached hydrogen (secondary N) is 1. The van der Waals surface area contributed by atoms with Crippen LogP contribution in [-0.2, 0) is 4.79 Å². The number of carbonyl (C=O) groups is 1. The third kappa shape index (κ3) is 7.56. The van der Waals surface area contributed by atoms with Gasteiger partial charge in [-0.1, -0.05) is 51.5 Å². The van der Waals surface area contributed by atoms with E-state index in [0.717, 1.165) is 31.3 Å². The fourth-order valence-corrected chi connectivity index (χ4v) is 1.52. The van der Waals surface area contributed by atoms with Gasteiger partial charge in [0.1, 0.15) is 0 Å². The summed E-state index contributed by atoms with van der Waals surface area (Å²) in [6, 6.07) is 0. The molecule has 2 nitrogen and oxygen atoms in total. The van der Waals surface area contributed by atoms with Gasteiger partial charge in [0.2, 0.25) is 5.91 Å². The number of unbranched alkanes of at least 4 members (excludes halogenated alkanes) is 1. The molecule has 17 heavy (non-hydrogen) atoms. The molecule has 0 spiro atoms. The summed E-state index contributed by atoms with van der Waals surface area (Å²) in [5.74, 6) is 0.183. The summed E-state index contributed by atoms with van der Waals surface area (Å²) < 4.78 is 0. The van der Waals surface area contributed by atoms with Crippen molar-refractivity contribution in [2.24, 2.45) is 5.92 Å². The van der Waals surface area contributed by atoms with Gasteiger partial charge >= 0.3 is 0 Å². The van der Waals surface area contributed by atoms with Crippen LogP contribution >= 0.6 is 0 Å². The van der Waals surface area contributed by atoms with E-state index in [9.17, 15) is 4.79 Å². The zero-order valence-corrected chi connectivity index (χ0v) is 11.4. The van der Waals surface area contributed by atoms with Gasteiger partial charge in [0, 0.05) is 11.6 Å². The van der Waals surface area contributed by atoms with Crippen LogP contribution < -0.4 is 5.32 Å². The second-order valence-electron chi connectivity index (χ2n) is 4.44. The normalized spacial score (nSPS) is 12.4. The van der Waals surface area contributed by atoms with Crippen molar-refractivity contribution in [1.82, 2.24) is 5.32 Å². The fourth-order valence-electron chi connectivity index (χ4n) is 1.52. The highest BCUT2D eigenvalue weighted by atomic mass is 16.1. The highest BCUT2D eigenvalue weighted by Crippen LogP contribution is 2.13. The molecule has 0 aromatic rings. The Morgan fingerprint density at radius 2 is 1.94 bits per heavy atom. The van der Waals surface area contributed by atoms with E-state index in [1.165, 1.54) is 0 Å². The minimum absolute atomic E-state index is 0.0808. The van der Waals surface area contributed by atoms with E-state index in [-0.39, 0.29) is 11.8 Å². The Morgan fingerprint density at radius 1 is 1.29 bits per heavy atom. The molecule has 0 heterocycles. The molecule has 1 unspecified atom stereocenters. The Bertz CT molecular complexity index is 302. The lowest BCUT2D eigenvalue weighted by Crippen LogP contribution is -2.29. The Morgan fingerprint density at radius 3 is 2.41 bits per heavy atom. The maximum atomic E-state index is 11.9. The lowest BCUT2D eigenvalue weighted by atomic mass is 9.98. The van der Waals surface area contributed by atoms with Crippen LogP contribution in [0.1, 0.15) is 46.5 Å². The Kier molecular flexibility index (Phi) is 8.12. The van der Waals surface area contributed by atoms with Crippen LogP contribution in [0.4, 0.5) is 0 Å². The van der Waals surface area contributed by atoms with E-state index in [1.54, 1.807) is 6.08 Å². The molecule has 0 fully saturated rings. The van der Waals surface area contributed by atoms with Gasteiger partial charge in [0.05, 0.1) is 0 Å². The second kappa shape index (κ2) is 8.80. The molecule has 0 aromatic heterocycles. The van der Waals surface area contributed by atoms with Crippen molar-refractivity contribution in [1.29, 1.82) is 0 Å². The number of rotatable bonds is 8. The van der Waals surface area contributed by atoms with E-state index in [0.29, 0.717) is 5.70 Å². The molecular formula is C15H25NO. The van der Waals surface area contributed by atoms with Crippen molar-refractivity contribution in [2.45, 2.75) is 46.5 Å². The van der Waals surface area contributed by atoms with Crippen LogP contribution in [0.5, 0.6) is 0 Å². The van der Waals surface area contributed by atoms with Gasteiger partial charge in [-0.2, -0.15) is 0 Å². The largest absolute Gasteiger partial charge is 0.326 e. The third-order valence-corrected chi connectivity index (χ3v) is 2.62. The summed E-state index contributed by atoms with van der Waals surface area (Å²) in [7, 11) is 0. The van der Waals surface area contributed by atoms with E-state index in [2.05, 4.69) is 25.4 Å². The SMILES string of the molecule is C=C(C)/C=C\C(=C)NC(=O)C(CC)CCCC. The summed E-state index contributed by atoms with van der Waals surface area (Å²) in [4.78, 5) is 11.9. The predicted molar refractivity (Wildman–Crippen MR) is 74.5 cm³/mol. The van der Waals surface area contributed by atoms with E-state index < -0.39 is 0 Å². The van der Waals surface area contributed by atoms with E-state index in [4.69, 9.17) is 0 Å². The van der Waals surface area contributed by atoms with Crippen molar-refractivity contribution in [3.8, 4) is 0 Å². The van der Waals surface area contributed by atoms with Crippen LogP contribution in [0.25, 0.3) is 0 Å². The van der Waals surface area contributed by atoms with Gasteiger partial charge in [0.15, 0.2) is 0 Å². The maximum Gasteiger partial charge on any atom is 0.227 e. The van der Waals surface area contributed by atoms with Crippen molar-refractivity contribution < 1.29 is 4.79 Å². The molecular weight excluding hydrogens is 210 g/mol. The summed E-state index contributed by atoms with van der Waals surface area (Å²) in [6.07, 6.45) is 7.68. The highest BCUT2D eigenvalue weighted by Gasteiger charge is 2.15. The molecule has 1 atom stereocenters. The molecule has 2 heteroatoms. The van der Waals surface area contributed by atoms with E-state index in [1.807, 2.05) is 19.9 Å². The number of allylic oxidation sites excluding steroid dienone is 3. The molecule has 0 aromatic carbocycles. The van der Waals surface area contributed by atoms with E-state index >= 15 is 0 Å². The molecule has 0 aliphatic carbocycles. The van der Waals surface area contributed by atoms with Crippen LogP contribution in [0.3, 0.4) is 0 Å². The maximum absolute atomic E-state index is 11.9.